The van der Waals surface area contributed by atoms with E-state index in [2.05, 4.69) is 22.9 Å². The monoisotopic (exact) mass is 313 g/mol. The lowest BCUT2D eigenvalue weighted by atomic mass is 10.0. The first-order chi connectivity index (χ1) is 6.56. The van der Waals surface area contributed by atoms with Gasteiger partial charge in [-0.05, 0) is 18.6 Å². The van der Waals surface area contributed by atoms with Crippen molar-refractivity contribution < 1.29 is 5.11 Å². The first-order valence-corrected chi connectivity index (χ1v) is 5.66. The van der Waals surface area contributed by atoms with Gasteiger partial charge >= 0.3 is 0 Å². The molecule has 1 atom stereocenters. The van der Waals surface area contributed by atoms with Crippen molar-refractivity contribution in [2.45, 2.75) is 25.8 Å². The van der Waals surface area contributed by atoms with Crippen LogP contribution in [0.1, 0.15) is 31.4 Å². The van der Waals surface area contributed by atoms with E-state index in [4.69, 9.17) is 17.3 Å². The summed E-state index contributed by atoms with van der Waals surface area (Å²) >= 11 is 9.14. The Labute approximate surface area is 109 Å². The highest BCUT2D eigenvalue weighted by molar-refractivity contribution is 9.10. The quantitative estimate of drug-likeness (QED) is 0.884. The van der Waals surface area contributed by atoms with Crippen LogP contribution in [0.25, 0.3) is 0 Å². The Morgan fingerprint density at radius 2 is 2.13 bits per heavy atom. The molecule has 0 heterocycles. The first kappa shape index (κ1) is 15.0. The van der Waals surface area contributed by atoms with Crippen molar-refractivity contribution >= 4 is 39.9 Å². The third-order valence-electron chi connectivity index (χ3n) is 2.06. The van der Waals surface area contributed by atoms with E-state index in [0.717, 1.165) is 17.3 Å². The molecule has 0 radical (unpaired) electrons. The average molecular weight is 315 g/mol. The number of aromatic hydroxyl groups is 1. The van der Waals surface area contributed by atoms with Gasteiger partial charge in [0.25, 0.3) is 0 Å². The molecule has 0 aliphatic heterocycles. The zero-order valence-electron chi connectivity index (χ0n) is 8.34. The smallest absolute Gasteiger partial charge is 0.139 e. The maximum absolute atomic E-state index is 9.69. The molecule has 0 saturated carbocycles. The fourth-order valence-corrected chi connectivity index (χ4v) is 2.17. The van der Waals surface area contributed by atoms with E-state index in [1.54, 1.807) is 6.07 Å². The lowest BCUT2D eigenvalue weighted by Crippen LogP contribution is -2.10. The summed E-state index contributed by atoms with van der Waals surface area (Å²) in [6.45, 7) is 2.05. The van der Waals surface area contributed by atoms with Gasteiger partial charge < -0.3 is 10.8 Å². The lowest BCUT2D eigenvalue weighted by molar-refractivity contribution is 0.458. The molecule has 0 unspecified atom stereocenters. The van der Waals surface area contributed by atoms with Crippen LogP contribution < -0.4 is 5.73 Å². The van der Waals surface area contributed by atoms with Crippen LogP contribution in [0.15, 0.2) is 16.6 Å². The lowest BCUT2D eigenvalue weighted by Gasteiger charge is -2.13. The van der Waals surface area contributed by atoms with Gasteiger partial charge in [0.1, 0.15) is 5.75 Å². The molecule has 0 spiro atoms. The number of hydrogen-bond acceptors (Lipinski definition) is 2. The number of phenols is 1. The van der Waals surface area contributed by atoms with Crippen LogP contribution >= 0.6 is 39.9 Å². The second-order valence-corrected chi connectivity index (χ2v) is 4.54. The van der Waals surface area contributed by atoms with Crippen molar-refractivity contribution in [1.82, 2.24) is 0 Å². The maximum Gasteiger partial charge on any atom is 0.139 e. The molecule has 1 rings (SSSR count). The van der Waals surface area contributed by atoms with Crippen molar-refractivity contribution in [1.29, 1.82) is 0 Å². The van der Waals surface area contributed by atoms with Crippen LogP contribution in [0.4, 0.5) is 0 Å². The molecule has 1 aromatic carbocycles. The molecule has 0 aliphatic carbocycles. The van der Waals surface area contributed by atoms with Gasteiger partial charge in [-0.15, -0.1) is 12.4 Å². The van der Waals surface area contributed by atoms with Crippen LogP contribution in [0.2, 0.25) is 5.02 Å². The van der Waals surface area contributed by atoms with Crippen molar-refractivity contribution in [2.24, 2.45) is 5.73 Å². The molecule has 0 amide bonds. The number of benzene rings is 1. The minimum atomic E-state index is -0.157. The topological polar surface area (TPSA) is 46.2 Å². The average Bonchev–Trinajstić information content (AvgIpc) is 2.11. The van der Waals surface area contributed by atoms with E-state index in [9.17, 15) is 5.11 Å². The molecule has 0 aliphatic rings. The largest absolute Gasteiger partial charge is 0.506 e. The summed E-state index contributed by atoms with van der Waals surface area (Å²) in [4.78, 5) is 0. The molecule has 5 heteroatoms. The summed E-state index contributed by atoms with van der Waals surface area (Å²) in [5.74, 6) is 0.0933. The van der Waals surface area contributed by atoms with Gasteiger partial charge in [-0.2, -0.15) is 0 Å². The Bertz CT molecular complexity index is 333. The summed E-state index contributed by atoms with van der Waals surface area (Å²) in [6, 6.07) is 3.30. The molecule has 3 N–H and O–H groups in total. The normalized spacial score (nSPS) is 12.0. The van der Waals surface area contributed by atoms with Crippen molar-refractivity contribution in [3.63, 3.8) is 0 Å². The number of rotatable bonds is 3. The predicted molar refractivity (Wildman–Crippen MR) is 69.9 cm³/mol. The van der Waals surface area contributed by atoms with E-state index in [0.29, 0.717) is 10.6 Å². The third kappa shape index (κ3) is 3.83. The second kappa shape index (κ2) is 6.59. The van der Waals surface area contributed by atoms with Crippen molar-refractivity contribution in [2.75, 3.05) is 0 Å². The van der Waals surface area contributed by atoms with Crippen LogP contribution in [0, 0.1) is 0 Å². The number of hydrogen-bond donors (Lipinski definition) is 2. The van der Waals surface area contributed by atoms with E-state index in [1.165, 1.54) is 0 Å². The summed E-state index contributed by atoms with van der Waals surface area (Å²) in [7, 11) is 0. The fraction of sp³-hybridized carbons (Fsp3) is 0.400. The maximum atomic E-state index is 9.69. The SMILES string of the molecule is CCC[C@H](N)c1cc(Br)cc(Cl)c1O.Cl. The van der Waals surface area contributed by atoms with E-state index >= 15 is 0 Å². The number of halogens is 3. The number of nitrogens with two attached hydrogens (primary N) is 1. The Kier molecular flexibility index (Phi) is 6.60. The summed E-state index contributed by atoms with van der Waals surface area (Å²) in [5, 5.41) is 10.0. The number of phenolic OH excluding ortho intramolecular Hbond substituents is 1. The highest BCUT2D eigenvalue weighted by atomic mass is 79.9. The third-order valence-corrected chi connectivity index (χ3v) is 2.80. The molecule has 0 aromatic heterocycles. The van der Waals surface area contributed by atoms with Gasteiger partial charge in [0.2, 0.25) is 0 Å². The second-order valence-electron chi connectivity index (χ2n) is 3.22. The molecule has 15 heavy (non-hydrogen) atoms. The van der Waals surface area contributed by atoms with Crippen LogP contribution in [-0.4, -0.2) is 5.11 Å². The minimum Gasteiger partial charge on any atom is -0.506 e. The Balaban J connectivity index is 0.00000196. The van der Waals surface area contributed by atoms with E-state index in [-0.39, 0.29) is 24.2 Å². The van der Waals surface area contributed by atoms with Gasteiger partial charge in [-0.3, -0.25) is 0 Å². The minimum absolute atomic E-state index is 0. The van der Waals surface area contributed by atoms with Crippen molar-refractivity contribution in [3.8, 4) is 5.75 Å². The van der Waals surface area contributed by atoms with Crippen LogP contribution in [-0.2, 0) is 0 Å². The first-order valence-electron chi connectivity index (χ1n) is 4.49. The zero-order valence-corrected chi connectivity index (χ0v) is 11.5. The molecular weight excluding hydrogens is 301 g/mol. The Morgan fingerprint density at radius 3 is 2.67 bits per heavy atom. The Morgan fingerprint density at radius 1 is 1.53 bits per heavy atom. The highest BCUT2D eigenvalue weighted by Gasteiger charge is 2.13. The van der Waals surface area contributed by atoms with Crippen molar-refractivity contribution in [3.05, 3.63) is 27.2 Å². The van der Waals surface area contributed by atoms with Gasteiger partial charge in [0.05, 0.1) is 5.02 Å². The Hall–Kier alpha value is 0.0400. The molecule has 0 bridgehead atoms. The van der Waals surface area contributed by atoms with Gasteiger partial charge in [-0.25, -0.2) is 0 Å². The standard InChI is InChI=1S/C10H13BrClNO.ClH/c1-2-3-9(13)7-4-6(11)5-8(12)10(7)14;/h4-5,9,14H,2-3,13H2,1H3;1H/t9-;/m0./s1. The zero-order chi connectivity index (χ0) is 10.7. The summed E-state index contributed by atoms with van der Waals surface area (Å²) < 4.78 is 0.835. The molecule has 86 valence electrons. The van der Waals surface area contributed by atoms with E-state index < -0.39 is 0 Å². The highest BCUT2D eigenvalue weighted by Crippen LogP contribution is 2.35. The molecule has 0 fully saturated rings. The van der Waals surface area contributed by atoms with Crippen LogP contribution in [0.3, 0.4) is 0 Å². The molecule has 2 nitrogen and oxygen atoms in total. The fourth-order valence-electron chi connectivity index (χ4n) is 1.34. The van der Waals surface area contributed by atoms with E-state index in [1.807, 2.05) is 6.07 Å². The molecule has 1 aromatic rings. The van der Waals surface area contributed by atoms with Crippen LogP contribution in [0.5, 0.6) is 5.75 Å². The summed E-state index contributed by atoms with van der Waals surface area (Å²) in [6.07, 6.45) is 1.81. The predicted octanol–water partition coefficient (Wildman–Crippen LogP) is 4.03. The molecular formula is C10H14BrCl2NO. The van der Waals surface area contributed by atoms with Gasteiger partial charge in [0.15, 0.2) is 0 Å². The van der Waals surface area contributed by atoms with Gasteiger partial charge in [0, 0.05) is 16.1 Å². The summed E-state index contributed by atoms with van der Waals surface area (Å²) in [5.41, 5.74) is 6.60. The van der Waals surface area contributed by atoms with Gasteiger partial charge in [-0.1, -0.05) is 40.9 Å². The molecule has 0 saturated heterocycles.